The molecule has 1 amide bonds. The van der Waals surface area contributed by atoms with E-state index in [2.05, 4.69) is 13.8 Å². The van der Waals surface area contributed by atoms with E-state index in [1.54, 1.807) is 16.7 Å². The van der Waals surface area contributed by atoms with Crippen molar-refractivity contribution in [1.82, 2.24) is 4.90 Å². The molecule has 1 N–H and O–H groups in total. The Kier molecular flexibility index (Phi) is 6.69. The fraction of sp³-hybridized carbons (Fsp3) is 0.857. The number of carbonyl (C=O) groups excluding carboxylic acids is 1. The molecule has 1 rings (SSSR count). The second-order valence-corrected chi connectivity index (χ2v) is 6.83. The zero-order chi connectivity index (χ0) is 14.4. The van der Waals surface area contributed by atoms with Crippen molar-refractivity contribution in [2.24, 2.45) is 5.92 Å². The monoisotopic (exact) mass is 287 g/mol. The Morgan fingerprint density at radius 2 is 2.16 bits per heavy atom. The van der Waals surface area contributed by atoms with Crippen LogP contribution in [0.15, 0.2) is 0 Å². The van der Waals surface area contributed by atoms with Crippen molar-refractivity contribution in [3.8, 4) is 0 Å². The van der Waals surface area contributed by atoms with Crippen molar-refractivity contribution in [2.75, 3.05) is 12.3 Å². The number of carboxylic acids is 1. The maximum Gasteiger partial charge on any atom is 0.326 e. The minimum atomic E-state index is -0.870. The quantitative estimate of drug-likeness (QED) is 0.763. The number of hydrogen-bond acceptors (Lipinski definition) is 3. The molecule has 3 unspecified atom stereocenters. The highest BCUT2D eigenvalue weighted by Crippen LogP contribution is 2.25. The second kappa shape index (κ2) is 7.78. The van der Waals surface area contributed by atoms with Gasteiger partial charge in [0.1, 0.15) is 6.04 Å². The fourth-order valence-electron chi connectivity index (χ4n) is 2.35. The zero-order valence-corrected chi connectivity index (χ0v) is 12.9. The van der Waals surface area contributed by atoms with Gasteiger partial charge in [0, 0.05) is 6.54 Å². The highest BCUT2D eigenvalue weighted by molar-refractivity contribution is 8.00. The van der Waals surface area contributed by atoms with Gasteiger partial charge < -0.3 is 10.0 Å². The predicted octanol–water partition coefficient (Wildman–Crippen LogP) is 2.62. The molecule has 0 radical (unpaired) electrons. The summed E-state index contributed by atoms with van der Waals surface area (Å²) < 4.78 is 0. The molecule has 0 bridgehead atoms. The van der Waals surface area contributed by atoms with Crippen LogP contribution in [-0.2, 0) is 9.59 Å². The summed E-state index contributed by atoms with van der Waals surface area (Å²) in [5, 5.41) is 9.13. The maximum atomic E-state index is 12.4. The van der Waals surface area contributed by atoms with E-state index >= 15 is 0 Å². The molecule has 0 aromatic heterocycles. The molecule has 110 valence electrons. The zero-order valence-electron chi connectivity index (χ0n) is 12.1. The number of piperidine rings is 1. The van der Waals surface area contributed by atoms with Gasteiger partial charge >= 0.3 is 5.97 Å². The van der Waals surface area contributed by atoms with Crippen LogP contribution in [0.4, 0.5) is 0 Å². The Morgan fingerprint density at radius 1 is 1.47 bits per heavy atom. The molecule has 0 aliphatic carbocycles. The van der Waals surface area contributed by atoms with E-state index in [9.17, 15) is 14.7 Å². The first kappa shape index (κ1) is 16.3. The molecule has 0 aromatic carbocycles. The summed E-state index contributed by atoms with van der Waals surface area (Å²) in [6.45, 7) is 6.64. The Balaban J connectivity index is 2.60. The van der Waals surface area contributed by atoms with Crippen LogP contribution in [0.5, 0.6) is 0 Å². The van der Waals surface area contributed by atoms with Gasteiger partial charge in [-0.05, 0) is 37.9 Å². The fourth-order valence-corrected chi connectivity index (χ4v) is 3.44. The molecule has 1 fully saturated rings. The van der Waals surface area contributed by atoms with Gasteiger partial charge in [0.05, 0.1) is 5.25 Å². The lowest BCUT2D eigenvalue weighted by Crippen LogP contribution is -2.52. The van der Waals surface area contributed by atoms with E-state index in [4.69, 9.17) is 0 Å². The van der Waals surface area contributed by atoms with Gasteiger partial charge in [0.2, 0.25) is 5.91 Å². The molecule has 1 saturated heterocycles. The Bertz CT molecular complexity index is 322. The van der Waals surface area contributed by atoms with Crippen LogP contribution >= 0.6 is 11.8 Å². The first-order valence-electron chi connectivity index (χ1n) is 7.12. The molecule has 4 nitrogen and oxygen atoms in total. The lowest BCUT2D eigenvalue weighted by molar-refractivity contribution is -0.152. The van der Waals surface area contributed by atoms with E-state index in [0.29, 0.717) is 18.9 Å². The van der Waals surface area contributed by atoms with Crippen molar-refractivity contribution >= 4 is 23.6 Å². The highest BCUT2D eigenvalue weighted by Gasteiger charge is 2.36. The molecule has 1 aliphatic rings. The van der Waals surface area contributed by atoms with Crippen LogP contribution in [0.1, 0.15) is 46.5 Å². The average molecular weight is 287 g/mol. The number of carboxylic acid groups (broad SMARTS) is 1. The topological polar surface area (TPSA) is 57.6 Å². The summed E-state index contributed by atoms with van der Waals surface area (Å²) >= 11 is 1.63. The Labute approximate surface area is 119 Å². The van der Waals surface area contributed by atoms with Gasteiger partial charge in [-0.1, -0.05) is 20.3 Å². The van der Waals surface area contributed by atoms with Crippen LogP contribution in [0.3, 0.4) is 0 Å². The van der Waals surface area contributed by atoms with E-state index in [1.165, 1.54) is 0 Å². The van der Waals surface area contributed by atoms with Crippen molar-refractivity contribution < 1.29 is 14.7 Å². The van der Waals surface area contributed by atoms with E-state index < -0.39 is 12.0 Å². The molecule has 3 atom stereocenters. The molecule has 5 heteroatoms. The van der Waals surface area contributed by atoms with Crippen LogP contribution in [0.2, 0.25) is 0 Å². The van der Waals surface area contributed by atoms with Gasteiger partial charge in [-0.15, -0.1) is 11.8 Å². The number of amides is 1. The second-order valence-electron chi connectivity index (χ2n) is 5.38. The third kappa shape index (κ3) is 4.71. The number of thioether (sulfide) groups is 1. The number of hydrogen-bond donors (Lipinski definition) is 1. The van der Waals surface area contributed by atoms with Crippen molar-refractivity contribution in [1.29, 1.82) is 0 Å². The largest absolute Gasteiger partial charge is 0.480 e. The number of carbonyl (C=O) groups is 2. The minimum Gasteiger partial charge on any atom is -0.480 e. The molecular formula is C14H25NO3S. The van der Waals surface area contributed by atoms with Gasteiger partial charge in [-0.2, -0.15) is 0 Å². The van der Waals surface area contributed by atoms with E-state index in [1.807, 2.05) is 6.92 Å². The molecular weight excluding hydrogens is 262 g/mol. The summed E-state index contributed by atoms with van der Waals surface area (Å²) in [5.74, 6) is 0.463. The SMILES string of the molecule is CCCCSC(C)C(=O)N1CCC(C)CC1C(=O)O. The minimum absolute atomic E-state index is 0.0135. The maximum absolute atomic E-state index is 12.4. The number of likely N-dealkylation sites (tertiary alicyclic amines) is 1. The van der Waals surface area contributed by atoms with Crippen molar-refractivity contribution in [2.45, 2.75) is 57.7 Å². The van der Waals surface area contributed by atoms with Crippen LogP contribution in [0.25, 0.3) is 0 Å². The third-order valence-electron chi connectivity index (χ3n) is 3.65. The normalized spacial score (nSPS) is 25.1. The van der Waals surface area contributed by atoms with Crippen molar-refractivity contribution in [3.05, 3.63) is 0 Å². The summed E-state index contributed by atoms with van der Waals surface area (Å²) in [6.07, 6.45) is 3.70. The molecule has 0 aromatic rings. The van der Waals surface area contributed by atoms with Gasteiger partial charge in [-0.3, -0.25) is 4.79 Å². The molecule has 19 heavy (non-hydrogen) atoms. The van der Waals surface area contributed by atoms with Crippen LogP contribution in [-0.4, -0.2) is 45.5 Å². The Hall–Kier alpha value is -0.710. The van der Waals surface area contributed by atoms with Crippen LogP contribution < -0.4 is 0 Å². The summed E-state index contributed by atoms with van der Waals surface area (Å²) in [6, 6.07) is -0.634. The summed E-state index contributed by atoms with van der Waals surface area (Å²) in [7, 11) is 0. The van der Waals surface area contributed by atoms with Gasteiger partial charge in [0.25, 0.3) is 0 Å². The molecule has 1 heterocycles. The molecule has 1 aliphatic heterocycles. The van der Waals surface area contributed by atoms with Gasteiger partial charge in [-0.25, -0.2) is 4.79 Å². The lowest BCUT2D eigenvalue weighted by atomic mass is 9.92. The Morgan fingerprint density at radius 3 is 2.74 bits per heavy atom. The standard InChI is InChI=1S/C14H25NO3S/c1-4-5-8-19-11(3)13(16)15-7-6-10(2)9-12(15)14(17)18/h10-12H,4-9H2,1-3H3,(H,17,18). The van der Waals surface area contributed by atoms with Crippen molar-refractivity contribution in [3.63, 3.8) is 0 Å². The first-order valence-corrected chi connectivity index (χ1v) is 8.17. The smallest absolute Gasteiger partial charge is 0.326 e. The number of aliphatic carboxylic acids is 1. The number of nitrogens with zero attached hydrogens (tertiary/aromatic N) is 1. The van der Waals surface area contributed by atoms with Crippen LogP contribution in [0, 0.1) is 5.92 Å². The number of unbranched alkanes of at least 4 members (excludes halogenated alkanes) is 1. The molecule has 0 spiro atoms. The third-order valence-corrected chi connectivity index (χ3v) is 4.87. The predicted molar refractivity (Wildman–Crippen MR) is 78.4 cm³/mol. The first-order chi connectivity index (χ1) is 8.97. The molecule has 0 saturated carbocycles. The van der Waals surface area contributed by atoms with Gasteiger partial charge in [0.15, 0.2) is 0 Å². The lowest BCUT2D eigenvalue weighted by Gasteiger charge is -2.37. The van der Waals surface area contributed by atoms with E-state index in [-0.39, 0.29) is 11.2 Å². The summed E-state index contributed by atoms with van der Waals surface area (Å²) in [5.41, 5.74) is 0. The highest BCUT2D eigenvalue weighted by atomic mass is 32.2. The summed E-state index contributed by atoms with van der Waals surface area (Å²) in [4.78, 5) is 25.2. The number of rotatable bonds is 6. The van der Waals surface area contributed by atoms with E-state index in [0.717, 1.165) is 25.0 Å². The average Bonchev–Trinajstić information content (AvgIpc) is 2.38.